The number of carbonyl (C=O) groups is 2. The average Bonchev–Trinajstić information content (AvgIpc) is 3.30. The molecule has 0 radical (unpaired) electrons. The maximum atomic E-state index is 13.3. The number of rotatable bonds is 3. The topological polar surface area (TPSA) is 89.2 Å². The lowest BCUT2D eigenvalue weighted by atomic mass is 9.95. The number of fused-ring (bicyclic) bond motifs is 1. The first-order valence-electron chi connectivity index (χ1n) is 9.06. The highest BCUT2D eigenvalue weighted by Gasteiger charge is 2.26. The summed E-state index contributed by atoms with van der Waals surface area (Å²) >= 11 is 0. The Morgan fingerprint density at radius 1 is 1.07 bits per heavy atom. The lowest BCUT2D eigenvalue weighted by Crippen LogP contribution is -2.42. The molecule has 0 saturated heterocycles. The van der Waals surface area contributed by atoms with Crippen LogP contribution in [0.1, 0.15) is 50.7 Å². The number of hydrogen-bond acceptors (Lipinski definition) is 4. The molecule has 2 N–H and O–H groups in total. The summed E-state index contributed by atoms with van der Waals surface area (Å²) in [6, 6.07) is 7.51. The number of halogens is 1. The number of benzene rings is 1. The van der Waals surface area contributed by atoms with E-state index in [1.807, 2.05) is 0 Å². The summed E-state index contributed by atoms with van der Waals surface area (Å²) in [7, 11) is 0. The van der Waals surface area contributed by atoms with Crippen LogP contribution in [-0.2, 0) is 12.8 Å². The summed E-state index contributed by atoms with van der Waals surface area (Å²) in [6.07, 6.45) is 4.88. The highest BCUT2D eigenvalue weighted by atomic mass is 19.1. The van der Waals surface area contributed by atoms with E-state index in [1.165, 1.54) is 24.5 Å². The van der Waals surface area contributed by atoms with Gasteiger partial charge in [0.15, 0.2) is 5.69 Å². The van der Waals surface area contributed by atoms with Crippen LogP contribution >= 0.6 is 0 Å². The molecule has 0 atom stereocenters. The number of amides is 2. The van der Waals surface area contributed by atoms with Gasteiger partial charge in [-0.25, -0.2) is 9.07 Å². The molecule has 3 aromatic rings. The van der Waals surface area contributed by atoms with Crippen molar-refractivity contribution in [2.45, 2.75) is 32.6 Å². The Bertz CT molecular complexity index is 1040. The molecule has 8 heteroatoms. The minimum Gasteiger partial charge on any atom is -0.469 e. The van der Waals surface area contributed by atoms with Crippen molar-refractivity contribution in [2.75, 3.05) is 0 Å². The van der Waals surface area contributed by atoms with Gasteiger partial charge in [-0.1, -0.05) is 0 Å². The average molecular weight is 382 g/mol. The Hall–Kier alpha value is -3.42. The molecule has 2 heterocycles. The van der Waals surface area contributed by atoms with Gasteiger partial charge in [0.1, 0.15) is 11.6 Å². The van der Waals surface area contributed by atoms with Crippen LogP contribution in [0.2, 0.25) is 0 Å². The highest BCUT2D eigenvalue weighted by Crippen LogP contribution is 2.27. The van der Waals surface area contributed by atoms with E-state index < -0.39 is 11.8 Å². The maximum absolute atomic E-state index is 13.3. The lowest BCUT2D eigenvalue weighted by Gasteiger charge is -2.14. The zero-order valence-corrected chi connectivity index (χ0v) is 15.3. The van der Waals surface area contributed by atoms with E-state index in [0.29, 0.717) is 17.0 Å². The molecule has 0 aliphatic heterocycles. The van der Waals surface area contributed by atoms with E-state index in [1.54, 1.807) is 23.7 Å². The van der Waals surface area contributed by atoms with Gasteiger partial charge >= 0.3 is 0 Å². The number of carbonyl (C=O) groups excluding carboxylic acids is 2. The Balaban J connectivity index is 1.58. The Morgan fingerprint density at radius 2 is 1.79 bits per heavy atom. The second-order valence-corrected chi connectivity index (χ2v) is 6.67. The first-order chi connectivity index (χ1) is 13.5. The largest absolute Gasteiger partial charge is 0.469 e. The zero-order chi connectivity index (χ0) is 19.7. The van der Waals surface area contributed by atoms with Crippen LogP contribution in [0.4, 0.5) is 4.39 Å². The summed E-state index contributed by atoms with van der Waals surface area (Å²) in [4.78, 5) is 24.9. The second kappa shape index (κ2) is 7.30. The van der Waals surface area contributed by atoms with Gasteiger partial charge in [0, 0.05) is 11.3 Å². The Morgan fingerprint density at radius 3 is 2.50 bits per heavy atom. The van der Waals surface area contributed by atoms with E-state index in [4.69, 9.17) is 4.42 Å². The summed E-state index contributed by atoms with van der Waals surface area (Å²) < 4.78 is 20.0. The van der Waals surface area contributed by atoms with E-state index in [-0.39, 0.29) is 11.5 Å². The van der Waals surface area contributed by atoms with Crippen molar-refractivity contribution in [3.05, 3.63) is 70.7 Å². The number of hydrogen-bond donors (Lipinski definition) is 2. The minimum absolute atomic E-state index is 0.267. The first-order valence-corrected chi connectivity index (χ1v) is 9.06. The van der Waals surface area contributed by atoms with Crippen molar-refractivity contribution < 1.29 is 18.4 Å². The SMILES string of the molecule is Cc1occc1C(=O)NNC(=O)c1nn(-c2ccc(F)cc2)c2c1CCCC2. The molecule has 28 heavy (non-hydrogen) atoms. The van der Waals surface area contributed by atoms with Crippen LogP contribution in [0.15, 0.2) is 41.0 Å². The molecule has 1 aliphatic carbocycles. The lowest BCUT2D eigenvalue weighted by molar-refractivity contribution is 0.0842. The van der Waals surface area contributed by atoms with Crippen molar-refractivity contribution in [1.82, 2.24) is 20.6 Å². The smallest absolute Gasteiger partial charge is 0.290 e. The fraction of sp³-hybridized carbons (Fsp3) is 0.250. The molecule has 4 rings (SSSR count). The van der Waals surface area contributed by atoms with Gasteiger partial charge in [-0.3, -0.25) is 20.4 Å². The molecule has 2 aromatic heterocycles. The van der Waals surface area contributed by atoms with Crippen LogP contribution < -0.4 is 10.9 Å². The molecule has 0 fully saturated rings. The molecular weight excluding hydrogens is 363 g/mol. The molecule has 1 aliphatic rings. The van der Waals surface area contributed by atoms with Crippen molar-refractivity contribution in [1.29, 1.82) is 0 Å². The minimum atomic E-state index is -0.492. The van der Waals surface area contributed by atoms with E-state index in [0.717, 1.165) is 36.9 Å². The second-order valence-electron chi connectivity index (χ2n) is 6.67. The van der Waals surface area contributed by atoms with Crippen molar-refractivity contribution >= 4 is 11.8 Å². The number of hydrazine groups is 1. The third-order valence-corrected chi connectivity index (χ3v) is 4.86. The number of aromatic nitrogens is 2. The summed E-state index contributed by atoms with van der Waals surface area (Å²) in [6.45, 7) is 1.66. The van der Waals surface area contributed by atoms with E-state index in [2.05, 4.69) is 16.0 Å². The van der Waals surface area contributed by atoms with Crippen LogP contribution in [0.5, 0.6) is 0 Å². The van der Waals surface area contributed by atoms with Crippen LogP contribution in [0.25, 0.3) is 5.69 Å². The van der Waals surface area contributed by atoms with Gasteiger partial charge in [0.2, 0.25) is 0 Å². The van der Waals surface area contributed by atoms with Gasteiger partial charge in [-0.15, -0.1) is 0 Å². The van der Waals surface area contributed by atoms with Crippen molar-refractivity contribution in [3.63, 3.8) is 0 Å². The predicted molar refractivity (Wildman–Crippen MR) is 98.5 cm³/mol. The fourth-order valence-electron chi connectivity index (χ4n) is 3.44. The molecule has 144 valence electrons. The monoisotopic (exact) mass is 382 g/mol. The predicted octanol–water partition coefficient (Wildman–Crippen LogP) is 2.87. The number of nitrogens with one attached hydrogen (secondary N) is 2. The maximum Gasteiger partial charge on any atom is 0.290 e. The molecular formula is C20H19FN4O3. The molecule has 1 aromatic carbocycles. The third-order valence-electron chi connectivity index (χ3n) is 4.86. The third kappa shape index (κ3) is 3.28. The standard InChI is InChI=1S/C20H19FN4O3/c1-12-15(10-11-28-12)19(26)22-23-20(27)18-16-4-2-3-5-17(16)25(24-18)14-8-6-13(21)7-9-14/h6-11H,2-5H2,1H3,(H,22,26)(H,23,27). The van der Waals surface area contributed by atoms with Gasteiger partial charge in [-0.2, -0.15) is 5.10 Å². The van der Waals surface area contributed by atoms with Crippen LogP contribution in [0.3, 0.4) is 0 Å². The van der Waals surface area contributed by atoms with Crippen LogP contribution in [-0.4, -0.2) is 21.6 Å². The zero-order valence-electron chi connectivity index (χ0n) is 15.3. The first kappa shape index (κ1) is 18.0. The van der Waals surface area contributed by atoms with Gasteiger partial charge in [0.25, 0.3) is 11.8 Å². The number of furan rings is 1. The summed E-state index contributed by atoms with van der Waals surface area (Å²) in [5, 5.41) is 4.46. The Kier molecular flexibility index (Phi) is 4.68. The molecule has 0 unspecified atom stereocenters. The van der Waals surface area contributed by atoms with Crippen molar-refractivity contribution in [2.24, 2.45) is 0 Å². The van der Waals surface area contributed by atoms with E-state index >= 15 is 0 Å². The normalized spacial score (nSPS) is 13.1. The molecule has 2 amide bonds. The number of aryl methyl sites for hydroxylation is 1. The highest BCUT2D eigenvalue weighted by molar-refractivity contribution is 5.99. The summed E-state index contributed by atoms with van der Waals surface area (Å²) in [5.74, 6) is -0.829. The van der Waals surface area contributed by atoms with Crippen LogP contribution in [0, 0.1) is 12.7 Å². The number of nitrogens with zero attached hydrogens (tertiary/aromatic N) is 2. The molecule has 0 saturated carbocycles. The van der Waals surface area contributed by atoms with Crippen molar-refractivity contribution in [3.8, 4) is 5.69 Å². The Labute approximate surface area is 160 Å². The van der Waals surface area contributed by atoms with E-state index in [9.17, 15) is 14.0 Å². The molecule has 7 nitrogen and oxygen atoms in total. The molecule has 0 bridgehead atoms. The fourth-order valence-corrected chi connectivity index (χ4v) is 3.44. The van der Waals surface area contributed by atoms with Gasteiger partial charge < -0.3 is 4.42 Å². The molecule has 0 spiro atoms. The van der Waals surface area contributed by atoms with Gasteiger partial charge in [0.05, 0.1) is 17.5 Å². The van der Waals surface area contributed by atoms with Gasteiger partial charge in [-0.05, 0) is 62.9 Å². The summed E-state index contributed by atoms with van der Waals surface area (Å²) in [5.41, 5.74) is 7.92. The quantitative estimate of drug-likeness (QED) is 0.682.